The zero-order valence-electron chi connectivity index (χ0n) is 24.4. The molecule has 0 amide bonds. The molecule has 0 radical (unpaired) electrons. The number of halogens is 2. The third-order valence-electron chi connectivity index (χ3n) is 9.07. The van der Waals surface area contributed by atoms with E-state index in [4.69, 9.17) is 0 Å². The normalized spacial score (nSPS) is 18.6. The molecule has 0 saturated carbocycles. The fourth-order valence-electron chi connectivity index (χ4n) is 6.92. The topological polar surface area (TPSA) is 0 Å². The van der Waals surface area contributed by atoms with Crippen molar-refractivity contribution in [2.24, 2.45) is 5.41 Å². The van der Waals surface area contributed by atoms with Crippen LogP contribution < -0.4 is 24.8 Å². The van der Waals surface area contributed by atoms with Crippen LogP contribution in [0.25, 0.3) is 23.3 Å². The van der Waals surface area contributed by atoms with Crippen LogP contribution in [0, 0.1) is 5.41 Å². The molecule has 0 saturated heterocycles. The Morgan fingerprint density at radius 2 is 1.42 bits per heavy atom. The molecule has 0 unspecified atom stereocenters. The van der Waals surface area contributed by atoms with Crippen molar-refractivity contribution in [3.63, 3.8) is 0 Å². The van der Waals surface area contributed by atoms with Crippen molar-refractivity contribution in [3.8, 4) is 11.1 Å². The summed E-state index contributed by atoms with van der Waals surface area (Å²) >= 11 is -2.11. The van der Waals surface area contributed by atoms with Crippen molar-refractivity contribution in [2.45, 2.75) is 86.0 Å². The number of hydrogen-bond donors (Lipinski definition) is 0. The summed E-state index contributed by atoms with van der Waals surface area (Å²) in [6.45, 7) is 21.5. The van der Waals surface area contributed by atoms with Gasteiger partial charge in [0.2, 0.25) is 0 Å². The smallest absolute Gasteiger partial charge is 1.00 e. The van der Waals surface area contributed by atoms with Gasteiger partial charge in [-0.15, -0.1) is 0 Å². The molecule has 0 nitrogen and oxygen atoms in total. The van der Waals surface area contributed by atoms with Crippen LogP contribution in [0.5, 0.6) is 0 Å². The zero-order valence-corrected chi connectivity index (χ0v) is 28.3. The van der Waals surface area contributed by atoms with Crippen LogP contribution in [-0.4, -0.2) is 3.21 Å². The fourth-order valence-corrected chi connectivity index (χ4v) is 14.8. The van der Waals surface area contributed by atoms with Crippen LogP contribution in [0.3, 0.4) is 0 Å². The Hall–Kier alpha value is -1.27. The molecule has 198 valence electrons. The van der Waals surface area contributed by atoms with Crippen LogP contribution in [0.15, 0.2) is 54.6 Å². The first-order chi connectivity index (χ1) is 16.8. The van der Waals surface area contributed by atoms with Gasteiger partial charge >= 0.3 is 227 Å². The molecule has 0 spiro atoms. The molecule has 3 heteroatoms. The maximum absolute atomic E-state index is 2.63. The quantitative estimate of drug-likeness (QED) is 0.412. The van der Waals surface area contributed by atoms with Crippen LogP contribution in [-0.2, 0) is 38.5 Å². The van der Waals surface area contributed by atoms with E-state index in [1.165, 1.54) is 44.5 Å². The first kappa shape index (κ1) is 29.7. The monoisotopic (exact) mass is 620 g/mol. The summed E-state index contributed by atoms with van der Waals surface area (Å²) in [4.78, 5) is 0. The van der Waals surface area contributed by atoms with Gasteiger partial charge in [0.05, 0.1) is 0 Å². The van der Waals surface area contributed by atoms with Gasteiger partial charge < -0.3 is 24.8 Å². The fraction of sp³-hybridized carbons (Fsp3) is 0.400. The van der Waals surface area contributed by atoms with Crippen molar-refractivity contribution >= 4 is 15.4 Å². The minimum Gasteiger partial charge on any atom is -1.00 e. The van der Waals surface area contributed by atoms with Gasteiger partial charge in [0.15, 0.2) is 0 Å². The maximum atomic E-state index is 2.63. The Morgan fingerprint density at radius 1 is 0.816 bits per heavy atom. The molecule has 4 aliphatic carbocycles. The van der Waals surface area contributed by atoms with E-state index in [0.717, 1.165) is 12.8 Å². The van der Waals surface area contributed by atoms with E-state index < -0.39 is 21.3 Å². The number of benzene rings is 2. The predicted molar refractivity (Wildman–Crippen MR) is 154 cm³/mol. The van der Waals surface area contributed by atoms with Gasteiger partial charge in [0.25, 0.3) is 0 Å². The first-order valence-electron chi connectivity index (χ1n) is 13.6. The van der Waals surface area contributed by atoms with Gasteiger partial charge in [-0.05, 0) is 0 Å². The molecule has 0 aliphatic heterocycles. The van der Waals surface area contributed by atoms with E-state index in [1.807, 2.05) is 0 Å². The summed E-state index contributed by atoms with van der Waals surface area (Å²) in [5.74, 6) is 0. The van der Waals surface area contributed by atoms with Crippen LogP contribution >= 0.6 is 0 Å². The van der Waals surface area contributed by atoms with Crippen molar-refractivity contribution < 1.29 is 46.1 Å². The second-order valence-corrected chi connectivity index (χ2v) is 21.0. The Morgan fingerprint density at radius 3 is 2.00 bits per heavy atom. The SMILES string of the molecule is C[C](C)=[Zr+2]([C]1=CC(C(C)(C)C)=CC1)[C]1=Cc2cc3c(cc2C1(C)C)Cc1cc2c(cc1-3)C=CC2(C)C.[Cl-].[Cl-]. The van der Waals surface area contributed by atoms with Crippen molar-refractivity contribution in [1.82, 2.24) is 0 Å². The Labute approximate surface area is 250 Å². The van der Waals surface area contributed by atoms with E-state index in [9.17, 15) is 0 Å². The van der Waals surface area contributed by atoms with Crippen molar-refractivity contribution in [3.05, 3.63) is 88.0 Å². The average molecular weight is 623 g/mol. The third kappa shape index (κ3) is 4.50. The van der Waals surface area contributed by atoms with Crippen molar-refractivity contribution in [1.29, 1.82) is 0 Å². The summed E-state index contributed by atoms with van der Waals surface area (Å²) in [6.07, 6.45) is 14.7. The predicted octanol–water partition coefficient (Wildman–Crippen LogP) is 3.29. The number of rotatable bonds is 2. The second-order valence-electron chi connectivity index (χ2n) is 13.8. The molecule has 0 aromatic heterocycles. The van der Waals surface area contributed by atoms with E-state index in [-0.39, 0.29) is 41.1 Å². The minimum absolute atomic E-state index is 0. The van der Waals surface area contributed by atoms with E-state index in [0.29, 0.717) is 0 Å². The standard InChI is InChI=1S/C23H21.C9H13.C3H6.2ClH.Zr/c1-22(2)7-5-14-10-18-16(12-20(14)22)9-17-13-21-15(11-19(17)18)6-8-23(21,3)4;1-9(2,3)8-6-4-5-7-8;1-3-2;;;/h5-7,10-13H,9H2,1-4H3;6-7H,4H2,1-3H3;1-2H3;2*1H;/q;;;;;+2/p-2. The molecule has 38 heavy (non-hydrogen) atoms. The molecule has 2 aromatic carbocycles. The summed E-state index contributed by atoms with van der Waals surface area (Å²) in [5.41, 5.74) is 13.9. The molecule has 2 aromatic rings. The van der Waals surface area contributed by atoms with E-state index >= 15 is 0 Å². The molecule has 0 N–H and O–H groups in total. The Kier molecular flexibility index (Phi) is 7.57. The van der Waals surface area contributed by atoms with Crippen LogP contribution in [0.4, 0.5) is 0 Å². The summed E-state index contributed by atoms with van der Waals surface area (Å²) < 4.78 is 5.22. The van der Waals surface area contributed by atoms with Gasteiger partial charge in [0.1, 0.15) is 0 Å². The Balaban J connectivity index is 0.00000168. The van der Waals surface area contributed by atoms with E-state index in [2.05, 4.69) is 117 Å². The number of allylic oxidation sites excluding steroid dienone is 6. The summed E-state index contributed by atoms with van der Waals surface area (Å²) in [6, 6.07) is 10.1. The minimum atomic E-state index is -2.11. The molecule has 0 atom stereocenters. The summed E-state index contributed by atoms with van der Waals surface area (Å²) in [5, 5.41) is 0. The molecule has 6 rings (SSSR count). The third-order valence-corrected chi connectivity index (χ3v) is 17.2. The van der Waals surface area contributed by atoms with Gasteiger partial charge in [-0.3, -0.25) is 0 Å². The molecule has 4 aliphatic rings. The van der Waals surface area contributed by atoms with Crippen LogP contribution in [0.2, 0.25) is 0 Å². The Bertz CT molecular complexity index is 1510. The first-order valence-corrected chi connectivity index (χ1v) is 17.3. The van der Waals surface area contributed by atoms with Gasteiger partial charge in [-0.2, -0.15) is 0 Å². The zero-order chi connectivity index (χ0) is 25.8. The van der Waals surface area contributed by atoms with Gasteiger partial charge in [-0.1, -0.05) is 0 Å². The van der Waals surface area contributed by atoms with Crippen LogP contribution in [0.1, 0.15) is 102 Å². The number of hydrogen-bond acceptors (Lipinski definition) is 0. The van der Waals surface area contributed by atoms with Crippen molar-refractivity contribution in [2.75, 3.05) is 0 Å². The molecule has 0 bridgehead atoms. The second kappa shape index (κ2) is 9.68. The van der Waals surface area contributed by atoms with E-state index in [1.54, 1.807) is 15.3 Å². The average Bonchev–Trinajstić information content (AvgIpc) is 3.51. The molecule has 0 fully saturated rings. The molecular formula is C35H40Cl2Zr. The molecule has 0 heterocycles. The number of fused-ring (bicyclic) bond motifs is 5. The molecular weight excluding hydrogens is 583 g/mol. The summed E-state index contributed by atoms with van der Waals surface area (Å²) in [7, 11) is 0. The van der Waals surface area contributed by atoms with Gasteiger partial charge in [-0.25, -0.2) is 0 Å². The largest absolute Gasteiger partial charge is 1.00 e. The maximum Gasteiger partial charge on any atom is -1.00 e. The van der Waals surface area contributed by atoms with Gasteiger partial charge in [0, 0.05) is 0 Å².